The number of alkyl halides is 3. The number of halogens is 5. The molecule has 0 spiro atoms. The molecule has 1 aromatic carbocycles. The highest BCUT2D eigenvalue weighted by Gasteiger charge is 2.66. The van der Waals surface area contributed by atoms with Gasteiger partial charge in [0.05, 0.1) is 24.6 Å². The number of hydrogen-bond donors (Lipinski definition) is 0. The molecule has 3 aliphatic rings. The minimum Gasteiger partial charge on any atom is -0.341 e. The topological polar surface area (TPSA) is 63.0 Å². The molecule has 0 atom stereocenters. The van der Waals surface area contributed by atoms with Crippen LogP contribution in [-0.4, -0.2) is 54.4 Å². The van der Waals surface area contributed by atoms with E-state index in [4.69, 9.17) is 11.6 Å². The summed E-state index contributed by atoms with van der Waals surface area (Å²) >= 11 is 6.25. The number of benzene rings is 1. The maximum absolute atomic E-state index is 14.0. The summed E-state index contributed by atoms with van der Waals surface area (Å²) in [7, 11) is 0. The van der Waals surface area contributed by atoms with E-state index in [1.165, 1.54) is 4.90 Å². The molecule has 2 aromatic heterocycles. The zero-order chi connectivity index (χ0) is 24.4. The van der Waals surface area contributed by atoms with E-state index in [0.717, 1.165) is 42.3 Å². The summed E-state index contributed by atoms with van der Waals surface area (Å²) in [6.45, 7) is 1.49. The average Bonchev–Trinajstić information content (AvgIpc) is 3.58. The van der Waals surface area contributed by atoms with Gasteiger partial charge < -0.3 is 4.90 Å². The second-order valence-electron chi connectivity index (χ2n) is 9.43. The summed E-state index contributed by atoms with van der Waals surface area (Å²) < 4.78 is 57.1. The molecule has 2 aliphatic heterocycles. The molecule has 3 aromatic rings. The Balaban J connectivity index is 1.32. The van der Waals surface area contributed by atoms with Crippen LogP contribution in [0, 0.1) is 5.82 Å². The Labute approximate surface area is 203 Å². The van der Waals surface area contributed by atoms with Crippen molar-refractivity contribution in [3.05, 3.63) is 58.6 Å². The van der Waals surface area contributed by atoms with Gasteiger partial charge in [-0.05, 0) is 49.4 Å². The molecule has 0 N–H and O–H groups in total. The van der Waals surface area contributed by atoms with Gasteiger partial charge in [-0.1, -0.05) is 11.6 Å². The molecular weight excluding hydrogens is 486 g/mol. The maximum Gasteiger partial charge on any atom is 0.406 e. The van der Waals surface area contributed by atoms with Gasteiger partial charge in [0.2, 0.25) is 5.95 Å². The number of hydrogen-bond acceptors (Lipinski definition) is 6. The SMILES string of the molecule is Fc1cnc(N2CCC(c3nnc4n3-c3ccc(Cl)cc3CN(C3(C(F)(F)F)CC3)C4)CC2)nc1. The molecule has 6 rings (SSSR count). The summed E-state index contributed by atoms with van der Waals surface area (Å²) in [5.41, 5.74) is -0.326. The molecule has 184 valence electrons. The van der Waals surface area contributed by atoms with Crippen molar-refractivity contribution in [2.75, 3.05) is 18.0 Å². The average molecular weight is 508 g/mol. The van der Waals surface area contributed by atoms with Crippen LogP contribution in [0.1, 0.15) is 48.8 Å². The van der Waals surface area contributed by atoms with Crippen molar-refractivity contribution in [1.82, 2.24) is 29.6 Å². The van der Waals surface area contributed by atoms with Gasteiger partial charge in [0.1, 0.15) is 11.4 Å². The smallest absolute Gasteiger partial charge is 0.341 e. The lowest BCUT2D eigenvalue weighted by Gasteiger charge is -2.32. The second-order valence-corrected chi connectivity index (χ2v) is 9.87. The fourth-order valence-corrected chi connectivity index (χ4v) is 5.49. The van der Waals surface area contributed by atoms with Gasteiger partial charge in [-0.15, -0.1) is 10.2 Å². The van der Waals surface area contributed by atoms with E-state index in [2.05, 4.69) is 20.2 Å². The molecule has 35 heavy (non-hydrogen) atoms. The Kier molecular flexibility index (Phi) is 5.26. The fourth-order valence-electron chi connectivity index (χ4n) is 5.30. The van der Waals surface area contributed by atoms with Crippen LogP contribution in [0.25, 0.3) is 5.69 Å². The van der Waals surface area contributed by atoms with E-state index in [0.29, 0.717) is 29.9 Å². The number of piperidine rings is 1. The molecular formula is C23H22ClF4N7. The van der Waals surface area contributed by atoms with Crippen molar-refractivity contribution in [2.45, 2.75) is 56.4 Å². The second kappa shape index (κ2) is 8.12. The normalized spacial score (nSPS) is 20.3. The number of anilines is 1. The molecule has 0 amide bonds. The zero-order valence-electron chi connectivity index (χ0n) is 18.6. The van der Waals surface area contributed by atoms with E-state index in [1.807, 2.05) is 15.5 Å². The molecule has 1 saturated heterocycles. The summed E-state index contributed by atoms with van der Waals surface area (Å²) in [4.78, 5) is 11.6. The van der Waals surface area contributed by atoms with Crippen LogP contribution in [-0.2, 0) is 13.1 Å². The Morgan fingerprint density at radius 1 is 1.00 bits per heavy atom. The molecule has 0 radical (unpaired) electrons. The highest BCUT2D eigenvalue weighted by atomic mass is 35.5. The van der Waals surface area contributed by atoms with Crippen LogP contribution in [0.4, 0.5) is 23.5 Å². The van der Waals surface area contributed by atoms with Gasteiger partial charge in [-0.2, -0.15) is 13.2 Å². The largest absolute Gasteiger partial charge is 0.406 e. The molecule has 12 heteroatoms. The van der Waals surface area contributed by atoms with Crippen LogP contribution in [0.2, 0.25) is 5.02 Å². The summed E-state index contributed by atoms with van der Waals surface area (Å²) in [5, 5.41) is 9.31. The molecule has 4 heterocycles. The van der Waals surface area contributed by atoms with Crippen molar-refractivity contribution >= 4 is 17.5 Å². The van der Waals surface area contributed by atoms with Gasteiger partial charge in [0, 0.05) is 30.6 Å². The van der Waals surface area contributed by atoms with Crippen molar-refractivity contribution in [2.24, 2.45) is 0 Å². The monoisotopic (exact) mass is 507 g/mol. The van der Waals surface area contributed by atoms with Crippen LogP contribution < -0.4 is 4.90 Å². The lowest BCUT2D eigenvalue weighted by Crippen LogP contribution is -2.47. The first kappa shape index (κ1) is 22.7. The minimum atomic E-state index is -4.32. The summed E-state index contributed by atoms with van der Waals surface area (Å²) in [6, 6.07) is 5.32. The zero-order valence-corrected chi connectivity index (χ0v) is 19.4. The number of aromatic nitrogens is 5. The molecule has 0 unspecified atom stereocenters. The first-order valence-electron chi connectivity index (χ1n) is 11.5. The van der Waals surface area contributed by atoms with Crippen molar-refractivity contribution in [3.63, 3.8) is 0 Å². The Bertz CT molecular complexity index is 1250. The standard InChI is InChI=1S/C23H22ClF4N7/c24-16-1-2-18-15(9-16)12-34(22(5-6-22)23(26,27)28)13-19-31-32-20(35(18)19)14-3-7-33(8-4-14)21-29-10-17(25)11-30-21/h1-2,9-11,14H,3-8,12-13H2. The Morgan fingerprint density at radius 2 is 1.71 bits per heavy atom. The molecule has 1 aliphatic carbocycles. The van der Waals surface area contributed by atoms with Crippen LogP contribution in [0.15, 0.2) is 30.6 Å². The Morgan fingerprint density at radius 3 is 2.37 bits per heavy atom. The highest BCUT2D eigenvalue weighted by Crippen LogP contribution is 2.55. The minimum absolute atomic E-state index is 0.0560. The first-order valence-corrected chi connectivity index (χ1v) is 11.9. The Hall–Kier alpha value is -2.79. The van der Waals surface area contributed by atoms with Gasteiger partial charge in [0.15, 0.2) is 11.6 Å². The van der Waals surface area contributed by atoms with Gasteiger partial charge >= 0.3 is 6.18 Å². The number of rotatable bonds is 3. The van der Waals surface area contributed by atoms with Gasteiger partial charge in [-0.25, -0.2) is 14.4 Å². The van der Waals surface area contributed by atoms with E-state index < -0.39 is 17.5 Å². The third-order valence-corrected chi connectivity index (χ3v) is 7.57. The molecule has 2 fully saturated rings. The molecule has 0 bridgehead atoms. The number of fused-ring (bicyclic) bond motifs is 3. The summed E-state index contributed by atoms with van der Waals surface area (Å²) in [5.74, 6) is 1.28. The number of nitrogens with zero attached hydrogens (tertiary/aromatic N) is 7. The lowest BCUT2D eigenvalue weighted by atomic mass is 9.95. The van der Waals surface area contributed by atoms with Crippen LogP contribution in [0.5, 0.6) is 0 Å². The van der Waals surface area contributed by atoms with Crippen molar-refractivity contribution in [3.8, 4) is 5.69 Å². The van der Waals surface area contributed by atoms with E-state index >= 15 is 0 Å². The lowest BCUT2D eigenvalue weighted by molar-refractivity contribution is -0.200. The van der Waals surface area contributed by atoms with E-state index in [9.17, 15) is 17.6 Å². The third kappa shape index (κ3) is 3.85. The highest BCUT2D eigenvalue weighted by molar-refractivity contribution is 6.30. The van der Waals surface area contributed by atoms with Gasteiger partial charge in [0.25, 0.3) is 0 Å². The predicted octanol–water partition coefficient (Wildman–Crippen LogP) is 4.64. The first-order chi connectivity index (χ1) is 16.7. The third-order valence-electron chi connectivity index (χ3n) is 7.34. The van der Waals surface area contributed by atoms with Crippen molar-refractivity contribution < 1.29 is 17.6 Å². The predicted molar refractivity (Wildman–Crippen MR) is 120 cm³/mol. The van der Waals surface area contributed by atoms with Crippen molar-refractivity contribution in [1.29, 1.82) is 0 Å². The maximum atomic E-state index is 14.0. The molecule has 7 nitrogen and oxygen atoms in total. The van der Waals surface area contributed by atoms with E-state index in [1.54, 1.807) is 12.1 Å². The van der Waals surface area contributed by atoms with Crippen LogP contribution in [0.3, 0.4) is 0 Å². The molecule has 1 saturated carbocycles. The van der Waals surface area contributed by atoms with E-state index in [-0.39, 0.29) is 31.8 Å². The summed E-state index contributed by atoms with van der Waals surface area (Å²) in [6.07, 6.45) is -0.397. The fraction of sp³-hybridized carbons (Fsp3) is 0.478. The quantitative estimate of drug-likeness (QED) is 0.481. The van der Waals surface area contributed by atoms with Gasteiger partial charge in [-0.3, -0.25) is 9.47 Å². The van der Waals surface area contributed by atoms with Crippen LogP contribution >= 0.6 is 11.6 Å².